The summed E-state index contributed by atoms with van der Waals surface area (Å²) in [5, 5.41) is 2.21. The minimum absolute atomic E-state index is 0.631. The SMILES string of the molecule is NCCc1cc2ccccc2nc1Sc1cccc(Br)c1. The maximum Gasteiger partial charge on any atom is 0.105 e. The number of pyridine rings is 1. The summed E-state index contributed by atoms with van der Waals surface area (Å²) >= 11 is 5.20. The Morgan fingerprint density at radius 2 is 1.90 bits per heavy atom. The first-order valence-electron chi connectivity index (χ1n) is 6.78. The van der Waals surface area contributed by atoms with E-state index in [-0.39, 0.29) is 0 Å². The van der Waals surface area contributed by atoms with Gasteiger partial charge in [-0.2, -0.15) is 0 Å². The monoisotopic (exact) mass is 358 g/mol. The first-order valence-corrected chi connectivity index (χ1v) is 8.39. The molecule has 3 aromatic rings. The van der Waals surface area contributed by atoms with Crippen LogP contribution in [0.2, 0.25) is 0 Å². The molecule has 0 bridgehead atoms. The Balaban J connectivity index is 2.04. The van der Waals surface area contributed by atoms with Crippen LogP contribution in [0, 0.1) is 0 Å². The second-order valence-corrected chi connectivity index (χ2v) is 6.72. The summed E-state index contributed by atoms with van der Waals surface area (Å²) in [6.45, 7) is 0.631. The van der Waals surface area contributed by atoms with Gasteiger partial charge in [0.05, 0.1) is 5.52 Å². The summed E-state index contributed by atoms with van der Waals surface area (Å²) in [6.07, 6.45) is 0.841. The van der Waals surface area contributed by atoms with E-state index < -0.39 is 0 Å². The lowest BCUT2D eigenvalue weighted by atomic mass is 10.1. The molecule has 0 unspecified atom stereocenters. The number of fused-ring (bicyclic) bond motifs is 1. The van der Waals surface area contributed by atoms with Crippen molar-refractivity contribution < 1.29 is 0 Å². The zero-order valence-electron chi connectivity index (χ0n) is 11.4. The van der Waals surface area contributed by atoms with Crippen LogP contribution in [-0.4, -0.2) is 11.5 Å². The average molecular weight is 359 g/mol. The summed E-state index contributed by atoms with van der Waals surface area (Å²) in [4.78, 5) is 5.98. The number of nitrogens with zero attached hydrogens (tertiary/aromatic N) is 1. The highest BCUT2D eigenvalue weighted by Gasteiger charge is 2.08. The van der Waals surface area contributed by atoms with E-state index in [4.69, 9.17) is 10.7 Å². The van der Waals surface area contributed by atoms with Gasteiger partial charge < -0.3 is 5.73 Å². The Hall–Kier alpha value is -1.36. The fourth-order valence-electron chi connectivity index (χ4n) is 2.21. The zero-order chi connectivity index (χ0) is 14.7. The number of halogens is 1. The molecule has 2 N–H and O–H groups in total. The maximum absolute atomic E-state index is 5.75. The van der Waals surface area contributed by atoms with Crippen LogP contribution in [0.4, 0.5) is 0 Å². The molecule has 0 aliphatic heterocycles. The summed E-state index contributed by atoms with van der Waals surface area (Å²) in [6, 6.07) is 18.7. The summed E-state index contributed by atoms with van der Waals surface area (Å²) < 4.78 is 1.08. The van der Waals surface area contributed by atoms with E-state index in [1.165, 1.54) is 15.8 Å². The molecule has 1 heterocycles. The Labute approximate surface area is 136 Å². The van der Waals surface area contributed by atoms with Gasteiger partial charge in [-0.1, -0.05) is 52.0 Å². The molecule has 106 valence electrons. The number of nitrogens with two attached hydrogens (primary N) is 1. The third kappa shape index (κ3) is 3.46. The molecule has 0 fully saturated rings. The standard InChI is InChI=1S/C17H15BrN2S/c18-14-5-3-6-15(11-14)21-17-13(8-9-19)10-12-4-1-2-7-16(12)20-17/h1-7,10-11H,8-9,19H2. The van der Waals surface area contributed by atoms with Crippen molar-refractivity contribution in [2.45, 2.75) is 16.3 Å². The topological polar surface area (TPSA) is 38.9 Å². The van der Waals surface area contributed by atoms with Crippen LogP contribution in [0.5, 0.6) is 0 Å². The average Bonchev–Trinajstić information content (AvgIpc) is 2.48. The first kappa shape index (κ1) is 14.6. The van der Waals surface area contributed by atoms with E-state index >= 15 is 0 Å². The molecule has 0 saturated carbocycles. The second kappa shape index (κ2) is 6.60. The molecule has 2 aromatic carbocycles. The Bertz CT molecular complexity index is 774. The van der Waals surface area contributed by atoms with Gasteiger partial charge in [-0.3, -0.25) is 0 Å². The van der Waals surface area contributed by atoms with Crippen molar-refractivity contribution >= 4 is 38.6 Å². The predicted molar refractivity (Wildman–Crippen MR) is 92.8 cm³/mol. The van der Waals surface area contributed by atoms with Crippen molar-refractivity contribution in [3.63, 3.8) is 0 Å². The Morgan fingerprint density at radius 3 is 2.71 bits per heavy atom. The van der Waals surface area contributed by atoms with Crippen molar-refractivity contribution in [1.82, 2.24) is 4.98 Å². The third-order valence-corrected chi connectivity index (χ3v) is 4.72. The highest BCUT2D eigenvalue weighted by atomic mass is 79.9. The van der Waals surface area contributed by atoms with Crippen LogP contribution in [0.25, 0.3) is 10.9 Å². The number of hydrogen-bond acceptors (Lipinski definition) is 3. The zero-order valence-corrected chi connectivity index (χ0v) is 13.8. The van der Waals surface area contributed by atoms with Gasteiger partial charge in [0.1, 0.15) is 5.03 Å². The molecule has 21 heavy (non-hydrogen) atoms. The summed E-state index contributed by atoms with van der Waals surface area (Å²) in [7, 11) is 0. The molecule has 0 spiro atoms. The summed E-state index contributed by atoms with van der Waals surface area (Å²) in [5.41, 5.74) is 7.98. The van der Waals surface area contributed by atoms with Gasteiger partial charge >= 0.3 is 0 Å². The molecule has 0 aliphatic carbocycles. The van der Waals surface area contributed by atoms with Gasteiger partial charge in [0.2, 0.25) is 0 Å². The molecule has 1 aromatic heterocycles. The first-order chi connectivity index (χ1) is 10.3. The largest absolute Gasteiger partial charge is 0.330 e. The predicted octanol–water partition coefficient (Wildman–Crippen LogP) is 4.65. The van der Waals surface area contributed by atoms with Crippen LogP contribution in [0.1, 0.15) is 5.56 Å². The lowest BCUT2D eigenvalue weighted by Gasteiger charge is -2.10. The molecule has 0 amide bonds. The van der Waals surface area contributed by atoms with Crippen molar-refractivity contribution in [3.05, 3.63) is 64.6 Å². The van der Waals surface area contributed by atoms with Crippen molar-refractivity contribution in [2.75, 3.05) is 6.54 Å². The van der Waals surface area contributed by atoms with Crippen molar-refractivity contribution in [1.29, 1.82) is 0 Å². The maximum atomic E-state index is 5.75. The van der Waals surface area contributed by atoms with Gasteiger partial charge in [-0.05, 0) is 48.9 Å². The van der Waals surface area contributed by atoms with Crippen molar-refractivity contribution in [2.24, 2.45) is 5.73 Å². The van der Waals surface area contributed by atoms with E-state index in [0.29, 0.717) is 6.54 Å². The lowest BCUT2D eigenvalue weighted by molar-refractivity contribution is 0.922. The van der Waals surface area contributed by atoms with Gasteiger partial charge in [0.15, 0.2) is 0 Å². The number of aromatic nitrogens is 1. The van der Waals surface area contributed by atoms with E-state index in [1.807, 2.05) is 30.3 Å². The molecule has 3 rings (SSSR count). The van der Waals surface area contributed by atoms with Crippen molar-refractivity contribution in [3.8, 4) is 0 Å². The minimum Gasteiger partial charge on any atom is -0.330 e. The fourth-order valence-corrected chi connectivity index (χ4v) is 3.75. The number of benzene rings is 2. The van der Waals surface area contributed by atoms with Crippen LogP contribution in [0.3, 0.4) is 0 Å². The van der Waals surface area contributed by atoms with Gasteiger partial charge in [0, 0.05) is 14.8 Å². The molecular weight excluding hydrogens is 344 g/mol. The number of para-hydroxylation sites is 1. The number of rotatable bonds is 4. The lowest BCUT2D eigenvalue weighted by Crippen LogP contribution is -2.04. The van der Waals surface area contributed by atoms with E-state index in [9.17, 15) is 0 Å². The van der Waals surface area contributed by atoms with Gasteiger partial charge in [-0.25, -0.2) is 4.98 Å². The molecule has 4 heteroatoms. The molecular formula is C17H15BrN2S. The van der Waals surface area contributed by atoms with Crippen LogP contribution in [0.15, 0.2) is 69.0 Å². The van der Waals surface area contributed by atoms with E-state index in [0.717, 1.165) is 21.4 Å². The van der Waals surface area contributed by atoms with E-state index in [1.54, 1.807) is 11.8 Å². The molecule has 0 saturated heterocycles. The normalized spacial score (nSPS) is 11.0. The fraction of sp³-hybridized carbons (Fsp3) is 0.118. The number of hydrogen-bond donors (Lipinski definition) is 1. The smallest absolute Gasteiger partial charge is 0.105 e. The highest BCUT2D eigenvalue weighted by Crippen LogP contribution is 2.32. The van der Waals surface area contributed by atoms with Gasteiger partial charge in [0.25, 0.3) is 0 Å². The highest BCUT2D eigenvalue weighted by molar-refractivity contribution is 9.10. The molecule has 0 radical (unpaired) electrons. The molecule has 0 aliphatic rings. The van der Waals surface area contributed by atoms with Crippen LogP contribution in [-0.2, 0) is 6.42 Å². The third-order valence-electron chi connectivity index (χ3n) is 3.19. The minimum atomic E-state index is 0.631. The quantitative estimate of drug-likeness (QED) is 0.737. The summed E-state index contributed by atoms with van der Waals surface area (Å²) in [5.74, 6) is 0. The second-order valence-electron chi connectivity index (χ2n) is 4.74. The van der Waals surface area contributed by atoms with E-state index in [2.05, 4.69) is 40.2 Å². The molecule has 0 atom stereocenters. The Kier molecular flexibility index (Phi) is 4.58. The Morgan fingerprint density at radius 1 is 1.05 bits per heavy atom. The van der Waals surface area contributed by atoms with Crippen LogP contribution >= 0.6 is 27.7 Å². The van der Waals surface area contributed by atoms with Crippen LogP contribution < -0.4 is 5.73 Å². The molecule has 2 nitrogen and oxygen atoms in total. The van der Waals surface area contributed by atoms with Gasteiger partial charge in [-0.15, -0.1) is 0 Å².